The van der Waals surface area contributed by atoms with Gasteiger partial charge in [0.15, 0.2) is 0 Å². The second-order valence-corrected chi connectivity index (χ2v) is 5.04. The van der Waals surface area contributed by atoms with Crippen molar-refractivity contribution < 1.29 is 10.0 Å². The topological polar surface area (TPSA) is 56.1 Å². The van der Waals surface area contributed by atoms with E-state index >= 15 is 0 Å². The highest BCUT2D eigenvalue weighted by Crippen LogP contribution is 2.14. The minimum Gasteiger partial charge on any atom is -0.411 e. The molecule has 100 valence electrons. The van der Waals surface area contributed by atoms with Gasteiger partial charge in [0.05, 0.1) is 5.71 Å². The number of likely N-dealkylation sites (N-methyl/N-ethyl adjacent to an activating group) is 1. The molecule has 1 amide bonds. The zero-order valence-corrected chi connectivity index (χ0v) is 10.9. The Labute approximate surface area is 108 Å². The minimum atomic E-state index is 0.224. The van der Waals surface area contributed by atoms with E-state index in [-0.39, 0.29) is 5.91 Å². The molecule has 0 unspecified atom stereocenters. The predicted molar refractivity (Wildman–Crippen MR) is 69.8 cm³/mol. The Morgan fingerprint density at radius 3 is 2.94 bits per heavy atom. The summed E-state index contributed by atoms with van der Waals surface area (Å²) in [7, 11) is 2.06. The van der Waals surface area contributed by atoms with Crippen molar-refractivity contribution in [3.8, 4) is 0 Å². The number of likely N-dealkylation sites (tertiary alicyclic amines) is 1. The van der Waals surface area contributed by atoms with Crippen molar-refractivity contribution in [3.63, 3.8) is 0 Å². The lowest BCUT2D eigenvalue weighted by Gasteiger charge is -2.24. The smallest absolute Gasteiger partial charge is 0.222 e. The van der Waals surface area contributed by atoms with Crippen molar-refractivity contribution in [1.29, 1.82) is 0 Å². The second-order valence-electron chi connectivity index (χ2n) is 5.04. The molecule has 2 aliphatic heterocycles. The summed E-state index contributed by atoms with van der Waals surface area (Å²) >= 11 is 0. The van der Waals surface area contributed by atoms with Crippen LogP contribution in [0.4, 0.5) is 0 Å². The quantitative estimate of drug-likeness (QED) is 0.462. The van der Waals surface area contributed by atoms with Crippen LogP contribution in [-0.4, -0.2) is 59.9 Å². The van der Waals surface area contributed by atoms with E-state index in [1.807, 2.05) is 4.90 Å². The van der Waals surface area contributed by atoms with E-state index in [1.54, 1.807) is 0 Å². The molecular formula is C13H21N3O2. The number of hydrogen-bond acceptors (Lipinski definition) is 4. The van der Waals surface area contributed by atoms with Crippen molar-refractivity contribution in [2.45, 2.75) is 25.7 Å². The summed E-state index contributed by atoms with van der Waals surface area (Å²) in [5.41, 5.74) is 1.82. The highest BCUT2D eigenvalue weighted by molar-refractivity contribution is 6.00. The maximum atomic E-state index is 11.5. The van der Waals surface area contributed by atoms with Gasteiger partial charge < -0.3 is 15.0 Å². The highest BCUT2D eigenvalue weighted by atomic mass is 16.4. The lowest BCUT2D eigenvalue weighted by atomic mass is 10.0. The maximum absolute atomic E-state index is 11.5. The first-order valence-electron chi connectivity index (χ1n) is 6.57. The molecule has 0 aliphatic carbocycles. The van der Waals surface area contributed by atoms with Gasteiger partial charge in [-0.15, -0.1) is 0 Å². The van der Waals surface area contributed by atoms with Crippen LogP contribution in [-0.2, 0) is 4.79 Å². The molecule has 0 spiro atoms. The summed E-state index contributed by atoms with van der Waals surface area (Å²) < 4.78 is 0. The van der Waals surface area contributed by atoms with Crippen LogP contribution in [0.1, 0.15) is 25.7 Å². The Balaban J connectivity index is 1.90. The Kier molecular flexibility index (Phi) is 4.36. The number of nitrogens with zero attached hydrogens (tertiary/aromatic N) is 3. The third kappa shape index (κ3) is 3.10. The molecule has 0 aromatic heterocycles. The standard InChI is InChI=1S/C13H21N3O2/c1-15-7-2-4-11(10-15)12(14-18)6-9-16-8-3-5-13(16)17/h4,18H,2-3,5-10H2,1H3. The number of amides is 1. The zero-order valence-electron chi connectivity index (χ0n) is 10.9. The van der Waals surface area contributed by atoms with Crippen molar-refractivity contribution >= 4 is 11.6 Å². The molecule has 1 saturated heterocycles. The number of hydrogen-bond donors (Lipinski definition) is 1. The molecule has 2 aliphatic rings. The first-order valence-corrected chi connectivity index (χ1v) is 6.57. The van der Waals surface area contributed by atoms with E-state index in [2.05, 4.69) is 23.2 Å². The predicted octanol–water partition coefficient (Wildman–Crippen LogP) is 1.09. The molecule has 1 N–H and O–H groups in total. The largest absolute Gasteiger partial charge is 0.411 e. The summed E-state index contributed by atoms with van der Waals surface area (Å²) in [6.07, 6.45) is 5.39. The first-order chi connectivity index (χ1) is 8.70. The third-order valence-electron chi connectivity index (χ3n) is 3.62. The number of carbonyl (C=O) groups excluding carboxylic acids is 1. The lowest BCUT2D eigenvalue weighted by molar-refractivity contribution is -0.127. The number of rotatable bonds is 4. The van der Waals surface area contributed by atoms with Crippen LogP contribution >= 0.6 is 0 Å². The normalized spacial score (nSPS) is 22.5. The molecule has 0 bridgehead atoms. The van der Waals surface area contributed by atoms with Gasteiger partial charge in [0.25, 0.3) is 0 Å². The van der Waals surface area contributed by atoms with Crippen LogP contribution in [0, 0.1) is 0 Å². The van der Waals surface area contributed by atoms with Crippen LogP contribution in [0.5, 0.6) is 0 Å². The Hall–Kier alpha value is -1.36. The van der Waals surface area contributed by atoms with E-state index in [1.165, 1.54) is 0 Å². The van der Waals surface area contributed by atoms with Crippen molar-refractivity contribution in [1.82, 2.24) is 9.80 Å². The molecule has 0 aromatic carbocycles. The van der Waals surface area contributed by atoms with E-state index < -0.39 is 0 Å². The van der Waals surface area contributed by atoms with Gasteiger partial charge in [-0.3, -0.25) is 4.79 Å². The maximum Gasteiger partial charge on any atom is 0.222 e. The van der Waals surface area contributed by atoms with E-state index in [0.717, 1.165) is 43.8 Å². The summed E-state index contributed by atoms with van der Waals surface area (Å²) in [5, 5.41) is 12.5. The zero-order chi connectivity index (χ0) is 13.0. The van der Waals surface area contributed by atoms with Gasteiger partial charge in [-0.2, -0.15) is 0 Å². The molecule has 0 atom stereocenters. The SMILES string of the molecule is CN1CCC=C(C(CCN2CCCC2=O)=NO)C1. The van der Waals surface area contributed by atoms with E-state index in [0.29, 0.717) is 19.4 Å². The van der Waals surface area contributed by atoms with Gasteiger partial charge >= 0.3 is 0 Å². The molecule has 1 fully saturated rings. The lowest BCUT2D eigenvalue weighted by Crippen LogP contribution is -2.31. The van der Waals surface area contributed by atoms with Crippen LogP contribution in [0.15, 0.2) is 16.8 Å². The summed E-state index contributed by atoms with van der Waals surface area (Å²) in [6, 6.07) is 0. The Morgan fingerprint density at radius 1 is 1.50 bits per heavy atom. The van der Waals surface area contributed by atoms with E-state index in [9.17, 15) is 4.79 Å². The number of carbonyl (C=O) groups is 1. The van der Waals surface area contributed by atoms with Gasteiger partial charge in [0.1, 0.15) is 0 Å². The molecule has 5 nitrogen and oxygen atoms in total. The summed E-state index contributed by atoms with van der Waals surface area (Å²) in [6.45, 7) is 3.38. The molecule has 0 radical (unpaired) electrons. The fourth-order valence-corrected chi connectivity index (χ4v) is 2.56. The van der Waals surface area contributed by atoms with Gasteiger partial charge in [-0.1, -0.05) is 11.2 Å². The first kappa shape index (κ1) is 13.1. The Morgan fingerprint density at radius 2 is 2.33 bits per heavy atom. The molecule has 0 saturated carbocycles. The molecule has 5 heteroatoms. The van der Waals surface area contributed by atoms with Gasteiger partial charge in [-0.05, 0) is 25.5 Å². The van der Waals surface area contributed by atoms with E-state index in [4.69, 9.17) is 5.21 Å². The molecule has 18 heavy (non-hydrogen) atoms. The monoisotopic (exact) mass is 251 g/mol. The van der Waals surface area contributed by atoms with Gasteiger partial charge in [0, 0.05) is 39.0 Å². The minimum absolute atomic E-state index is 0.224. The molecule has 0 aromatic rings. The van der Waals surface area contributed by atoms with Crippen molar-refractivity contribution in [3.05, 3.63) is 11.6 Å². The molecular weight excluding hydrogens is 230 g/mol. The van der Waals surface area contributed by atoms with Gasteiger partial charge in [0.2, 0.25) is 5.91 Å². The third-order valence-corrected chi connectivity index (χ3v) is 3.62. The fraction of sp³-hybridized carbons (Fsp3) is 0.692. The molecule has 2 heterocycles. The Bertz CT molecular complexity index is 376. The highest BCUT2D eigenvalue weighted by Gasteiger charge is 2.21. The molecule has 2 rings (SSSR count). The fourth-order valence-electron chi connectivity index (χ4n) is 2.56. The average Bonchev–Trinajstić information content (AvgIpc) is 2.76. The van der Waals surface area contributed by atoms with Crippen molar-refractivity contribution in [2.75, 3.05) is 33.2 Å². The van der Waals surface area contributed by atoms with Crippen LogP contribution in [0.25, 0.3) is 0 Å². The summed E-state index contributed by atoms with van der Waals surface area (Å²) in [5.74, 6) is 0.224. The van der Waals surface area contributed by atoms with Gasteiger partial charge in [-0.25, -0.2) is 0 Å². The average molecular weight is 251 g/mol. The van der Waals surface area contributed by atoms with Crippen LogP contribution in [0.3, 0.4) is 0 Å². The van der Waals surface area contributed by atoms with Crippen LogP contribution in [0.2, 0.25) is 0 Å². The van der Waals surface area contributed by atoms with Crippen LogP contribution < -0.4 is 0 Å². The summed E-state index contributed by atoms with van der Waals surface area (Å²) in [4.78, 5) is 15.6. The number of oxime groups is 1. The second kappa shape index (κ2) is 6.00. The van der Waals surface area contributed by atoms with Crippen molar-refractivity contribution in [2.24, 2.45) is 5.16 Å².